The lowest BCUT2D eigenvalue weighted by Crippen LogP contribution is -2.60. The summed E-state index contributed by atoms with van der Waals surface area (Å²) in [5.74, 6) is -0.763. The normalized spacial score (nSPS) is 21.6. The van der Waals surface area contributed by atoms with E-state index < -0.39 is 74.2 Å². The molecule has 360 valence electrons. The highest BCUT2D eigenvalue weighted by atomic mass is 16.7. The first-order valence-electron chi connectivity index (χ1n) is 25.2. The Kier molecular flexibility index (Phi) is 37.9. The van der Waals surface area contributed by atoms with E-state index in [0.717, 1.165) is 25.7 Å². The molecule has 11 heteroatoms. The molecule has 0 bridgehead atoms. The third kappa shape index (κ3) is 29.6. The molecule has 0 saturated carbocycles. The molecule has 1 rings (SSSR count). The maximum Gasteiger partial charge on any atom is 0.249 e. The van der Waals surface area contributed by atoms with Gasteiger partial charge in [0.05, 0.1) is 25.4 Å². The number of carbonyl (C=O) groups is 1. The van der Waals surface area contributed by atoms with Gasteiger partial charge in [-0.15, -0.1) is 0 Å². The fraction of sp³-hybridized carbons (Fsp3) is 0.900. The van der Waals surface area contributed by atoms with Gasteiger partial charge in [0.25, 0.3) is 0 Å². The summed E-state index contributed by atoms with van der Waals surface area (Å²) < 4.78 is 11.1. The van der Waals surface area contributed by atoms with Gasteiger partial charge < -0.3 is 50.5 Å². The van der Waals surface area contributed by atoms with Crippen LogP contribution in [-0.2, 0) is 14.3 Å². The molecule has 9 unspecified atom stereocenters. The first kappa shape index (κ1) is 57.6. The molecule has 1 heterocycles. The van der Waals surface area contributed by atoms with Crippen LogP contribution < -0.4 is 5.32 Å². The highest BCUT2D eigenvalue weighted by Crippen LogP contribution is 2.23. The van der Waals surface area contributed by atoms with Gasteiger partial charge in [-0.25, -0.2) is 0 Å². The van der Waals surface area contributed by atoms with Crippen LogP contribution >= 0.6 is 0 Å². The van der Waals surface area contributed by atoms with Crippen LogP contribution in [0.2, 0.25) is 0 Å². The standard InChI is InChI=1S/C50H95NO10/c1-3-5-7-9-11-13-15-17-18-19-20-21-22-23-24-25-26-28-29-31-33-35-37-42(53)45(55)41(40-60-50-48(58)47(57)46(56)44(39-52)61-50)51-49(59)43(54)38-36-34-32-30-27-16-14-12-10-8-6-4-2/h27,30,34,36,41-48,50,52-58H,3-26,28-29,31-33,35,37-40H2,1-2H3,(H,51,59)/b30-27-,36-34-. The van der Waals surface area contributed by atoms with Gasteiger partial charge in [-0.2, -0.15) is 0 Å². The lowest BCUT2D eigenvalue weighted by molar-refractivity contribution is -0.303. The predicted molar refractivity (Wildman–Crippen MR) is 247 cm³/mol. The van der Waals surface area contributed by atoms with E-state index >= 15 is 0 Å². The Balaban J connectivity index is 2.38. The van der Waals surface area contributed by atoms with Crippen LogP contribution in [0.5, 0.6) is 0 Å². The molecule has 1 aliphatic rings. The van der Waals surface area contributed by atoms with Crippen LogP contribution in [0.25, 0.3) is 0 Å². The molecule has 0 aromatic rings. The zero-order valence-corrected chi connectivity index (χ0v) is 38.9. The number of nitrogens with one attached hydrogen (secondary N) is 1. The maximum absolute atomic E-state index is 13.0. The Labute approximate surface area is 372 Å². The lowest BCUT2D eigenvalue weighted by Gasteiger charge is -2.40. The number of ether oxygens (including phenoxy) is 2. The third-order valence-corrected chi connectivity index (χ3v) is 12.3. The molecular formula is C50H95NO10. The number of unbranched alkanes of at least 4 members (excludes halogenated alkanes) is 27. The van der Waals surface area contributed by atoms with E-state index in [9.17, 15) is 40.5 Å². The van der Waals surface area contributed by atoms with Gasteiger partial charge in [-0.3, -0.25) is 4.79 Å². The second kappa shape index (κ2) is 40.1. The quantitative estimate of drug-likeness (QED) is 0.0217. The summed E-state index contributed by atoms with van der Waals surface area (Å²) in [4.78, 5) is 13.0. The number of hydrogen-bond acceptors (Lipinski definition) is 10. The number of aliphatic hydroxyl groups excluding tert-OH is 7. The van der Waals surface area contributed by atoms with Crippen molar-refractivity contribution in [3.05, 3.63) is 24.3 Å². The van der Waals surface area contributed by atoms with Gasteiger partial charge in [0.15, 0.2) is 6.29 Å². The number of aliphatic hydroxyl groups is 7. The van der Waals surface area contributed by atoms with Gasteiger partial charge in [-0.05, 0) is 25.7 Å². The third-order valence-electron chi connectivity index (χ3n) is 12.3. The summed E-state index contributed by atoms with van der Waals surface area (Å²) in [5, 5.41) is 75.6. The van der Waals surface area contributed by atoms with Crippen LogP contribution in [0, 0.1) is 0 Å². The van der Waals surface area contributed by atoms with Crippen molar-refractivity contribution >= 4 is 5.91 Å². The summed E-state index contributed by atoms with van der Waals surface area (Å²) in [6, 6.07) is -1.20. The summed E-state index contributed by atoms with van der Waals surface area (Å²) in [6.45, 7) is 3.40. The monoisotopic (exact) mass is 870 g/mol. The summed E-state index contributed by atoms with van der Waals surface area (Å²) >= 11 is 0. The SMILES string of the molecule is CCCCCCCC/C=C\C/C=C\CC(O)C(=O)NC(COC1OC(CO)C(O)C(O)C1O)C(O)C(O)CCCCCCCCCCCCCCCCCCCCCCCC. The minimum absolute atomic E-state index is 0.0511. The largest absolute Gasteiger partial charge is 0.394 e. The molecule has 0 aliphatic carbocycles. The second-order valence-corrected chi connectivity index (χ2v) is 17.9. The van der Waals surface area contributed by atoms with E-state index in [0.29, 0.717) is 19.3 Å². The number of carbonyl (C=O) groups excluding carboxylic acids is 1. The Morgan fingerprint density at radius 3 is 1.51 bits per heavy atom. The highest BCUT2D eigenvalue weighted by molar-refractivity contribution is 5.81. The average Bonchev–Trinajstić information content (AvgIpc) is 3.26. The fourth-order valence-electron chi connectivity index (χ4n) is 8.07. The molecule has 61 heavy (non-hydrogen) atoms. The number of rotatable bonds is 42. The predicted octanol–water partition coefficient (Wildman–Crippen LogP) is 9.01. The molecule has 1 aliphatic heterocycles. The summed E-state index contributed by atoms with van der Waals surface area (Å²) in [7, 11) is 0. The van der Waals surface area contributed by atoms with E-state index in [2.05, 4.69) is 31.3 Å². The van der Waals surface area contributed by atoms with E-state index in [1.807, 2.05) is 6.08 Å². The van der Waals surface area contributed by atoms with Crippen LogP contribution in [0.1, 0.15) is 219 Å². The van der Waals surface area contributed by atoms with Gasteiger partial charge in [0.1, 0.15) is 36.6 Å². The lowest BCUT2D eigenvalue weighted by atomic mass is 9.98. The summed E-state index contributed by atoms with van der Waals surface area (Å²) in [5.41, 5.74) is 0. The first-order chi connectivity index (χ1) is 29.7. The van der Waals surface area contributed by atoms with Crippen molar-refractivity contribution in [1.82, 2.24) is 5.32 Å². The molecule has 0 aromatic heterocycles. The van der Waals surface area contributed by atoms with Crippen molar-refractivity contribution in [3.63, 3.8) is 0 Å². The van der Waals surface area contributed by atoms with Crippen molar-refractivity contribution in [2.45, 2.75) is 274 Å². The van der Waals surface area contributed by atoms with Gasteiger partial charge in [-0.1, -0.05) is 212 Å². The van der Waals surface area contributed by atoms with Crippen molar-refractivity contribution in [2.24, 2.45) is 0 Å². The highest BCUT2D eigenvalue weighted by Gasteiger charge is 2.44. The Bertz CT molecular complexity index is 1040. The van der Waals surface area contributed by atoms with Crippen molar-refractivity contribution in [2.75, 3.05) is 13.2 Å². The van der Waals surface area contributed by atoms with E-state index in [1.165, 1.54) is 154 Å². The minimum Gasteiger partial charge on any atom is -0.394 e. The summed E-state index contributed by atoms with van der Waals surface area (Å²) in [6.07, 6.45) is 34.0. The first-order valence-corrected chi connectivity index (χ1v) is 25.2. The van der Waals surface area contributed by atoms with Crippen LogP contribution in [0.3, 0.4) is 0 Å². The average molecular weight is 870 g/mol. The zero-order chi connectivity index (χ0) is 44.8. The number of allylic oxidation sites excluding steroid dienone is 3. The van der Waals surface area contributed by atoms with Gasteiger partial charge >= 0.3 is 0 Å². The molecule has 8 N–H and O–H groups in total. The van der Waals surface area contributed by atoms with E-state index in [-0.39, 0.29) is 6.42 Å². The Morgan fingerprint density at radius 1 is 0.590 bits per heavy atom. The fourth-order valence-corrected chi connectivity index (χ4v) is 8.07. The van der Waals surface area contributed by atoms with Crippen molar-refractivity contribution in [3.8, 4) is 0 Å². The number of amides is 1. The molecule has 0 aromatic carbocycles. The van der Waals surface area contributed by atoms with E-state index in [1.54, 1.807) is 6.08 Å². The molecule has 1 saturated heterocycles. The van der Waals surface area contributed by atoms with Crippen LogP contribution in [0.15, 0.2) is 24.3 Å². The molecule has 0 radical (unpaired) electrons. The van der Waals surface area contributed by atoms with Gasteiger partial charge in [0, 0.05) is 6.42 Å². The smallest absolute Gasteiger partial charge is 0.249 e. The van der Waals surface area contributed by atoms with Crippen molar-refractivity contribution in [1.29, 1.82) is 0 Å². The Hall–Kier alpha value is -1.41. The Morgan fingerprint density at radius 2 is 1.03 bits per heavy atom. The number of hydrogen-bond donors (Lipinski definition) is 8. The molecule has 1 fully saturated rings. The molecular weight excluding hydrogens is 775 g/mol. The van der Waals surface area contributed by atoms with Crippen LogP contribution in [0.4, 0.5) is 0 Å². The van der Waals surface area contributed by atoms with Gasteiger partial charge in [0.2, 0.25) is 5.91 Å². The molecule has 0 spiro atoms. The molecule has 11 nitrogen and oxygen atoms in total. The maximum atomic E-state index is 13.0. The molecule has 1 amide bonds. The van der Waals surface area contributed by atoms with Crippen LogP contribution in [-0.4, -0.2) is 110 Å². The zero-order valence-electron chi connectivity index (χ0n) is 38.9. The van der Waals surface area contributed by atoms with Crippen molar-refractivity contribution < 1.29 is 50.0 Å². The topological polar surface area (TPSA) is 189 Å². The molecule has 9 atom stereocenters. The second-order valence-electron chi connectivity index (χ2n) is 17.9. The van der Waals surface area contributed by atoms with E-state index in [4.69, 9.17) is 9.47 Å². The minimum atomic E-state index is -1.67.